The molecule has 6 aromatic rings. The third kappa shape index (κ3) is 26.9. The Morgan fingerprint density at radius 3 is 0.539 bits per heavy atom. The Bertz CT molecular complexity index is 2520. The van der Waals surface area contributed by atoms with Crippen LogP contribution in [0.25, 0.3) is 0 Å². The summed E-state index contributed by atoms with van der Waals surface area (Å²) in [6, 6.07) is 57.0. The Morgan fingerprint density at radius 2 is 0.393 bits per heavy atom. The van der Waals surface area contributed by atoms with E-state index >= 15 is 0 Å². The lowest BCUT2D eigenvalue weighted by molar-refractivity contribution is -0.175. The molecule has 6 atom stereocenters. The molecule has 476 valence electrons. The SMILES string of the molecule is O=C(CCC(S)c1ccccc1)OCC(COCC(COC(=O)CCC(S)c1ccccc1)(COC(=O)CCC(S)c1ccccc1)COC(=O)CCC(S)c1ccccc1)(COC(=O)CCC(S)c1ccccc1)COC(=O)CCC(S)c1ccccc1. The van der Waals surface area contributed by atoms with E-state index in [0.717, 1.165) is 33.4 Å². The zero-order valence-corrected chi connectivity index (χ0v) is 55.3. The van der Waals surface area contributed by atoms with E-state index in [1.807, 2.05) is 182 Å². The van der Waals surface area contributed by atoms with E-state index in [1.54, 1.807) is 0 Å². The lowest BCUT2D eigenvalue weighted by Gasteiger charge is -2.35. The first kappa shape index (κ1) is 72.3. The molecule has 0 radical (unpaired) electrons. The van der Waals surface area contributed by atoms with E-state index in [9.17, 15) is 28.8 Å². The van der Waals surface area contributed by atoms with Gasteiger partial charge in [-0.3, -0.25) is 28.8 Å². The van der Waals surface area contributed by atoms with E-state index in [4.69, 9.17) is 109 Å². The molecule has 0 heterocycles. The molecule has 19 heteroatoms. The predicted molar refractivity (Wildman–Crippen MR) is 366 cm³/mol. The van der Waals surface area contributed by atoms with Crippen molar-refractivity contribution in [3.05, 3.63) is 215 Å². The molecular weight excluding hydrogens is 1240 g/mol. The zero-order valence-electron chi connectivity index (χ0n) is 49.9. The maximum atomic E-state index is 13.8. The predicted octanol–water partition coefficient (Wildman–Crippen LogP) is 14.9. The first-order chi connectivity index (χ1) is 43.0. The highest BCUT2D eigenvalue weighted by atomic mass is 32.1. The molecule has 0 bridgehead atoms. The van der Waals surface area contributed by atoms with Crippen LogP contribution in [0, 0.1) is 10.8 Å². The van der Waals surface area contributed by atoms with Gasteiger partial charge in [0.25, 0.3) is 0 Å². The van der Waals surface area contributed by atoms with Gasteiger partial charge in [0.05, 0.1) is 24.0 Å². The van der Waals surface area contributed by atoms with Crippen molar-refractivity contribution in [1.82, 2.24) is 0 Å². The Balaban J connectivity index is 1.30. The summed E-state index contributed by atoms with van der Waals surface area (Å²) in [5, 5.41) is -1.77. The smallest absolute Gasteiger partial charge is 0.305 e. The van der Waals surface area contributed by atoms with Gasteiger partial charge in [-0.25, -0.2) is 0 Å². The van der Waals surface area contributed by atoms with Gasteiger partial charge >= 0.3 is 35.8 Å². The minimum atomic E-state index is -1.59. The van der Waals surface area contributed by atoms with Crippen molar-refractivity contribution in [3.8, 4) is 0 Å². The van der Waals surface area contributed by atoms with Crippen molar-refractivity contribution in [2.45, 2.75) is 109 Å². The molecule has 0 saturated heterocycles. The fourth-order valence-electron chi connectivity index (χ4n) is 9.40. The van der Waals surface area contributed by atoms with Crippen LogP contribution in [0.1, 0.15) is 142 Å². The molecule has 0 aliphatic carbocycles. The molecule has 13 nitrogen and oxygen atoms in total. The molecule has 89 heavy (non-hydrogen) atoms. The Kier molecular flexibility index (Phi) is 32.0. The summed E-state index contributed by atoms with van der Waals surface area (Å²) in [7, 11) is 0. The van der Waals surface area contributed by atoms with Gasteiger partial charge in [0.15, 0.2) is 0 Å². The van der Waals surface area contributed by atoms with Crippen molar-refractivity contribution < 1.29 is 61.9 Å². The van der Waals surface area contributed by atoms with Gasteiger partial charge in [-0.05, 0) is 71.9 Å². The minimum Gasteiger partial charge on any atom is -0.465 e. The molecule has 0 aliphatic heterocycles. The van der Waals surface area contributed by atoms with Crippen molar-refractivity contribution >= 4 is 112 Å². The van der Waals surface area contributed by atoms with Crippen LogP contribution >= 0.6 is 75.8 Å². The van der Waals surface area contributed by atoms with Crippen LogP contribution in [0.15, 0.2) is 182 Å². The molecular formula is C70H82O13S6. The summed E-state index contributed by atoms with van der Waals surface area (Å²) in [6.45, 7) is -3.66. The van der Waals surface area contributed by atoms with Gasteiger partial charge in [-0.2, -0.15) is 75.8 Å². The lowest BCUT2D eigenvalue weighted by Crippen LogP contribution is -2.47. The standard InChI is InChI=1S/C70H82O13S6/c71-63(37-31-57(84)51-19-7-1-8-20-51)78-45-69(46-79-64(72)38-32-58(85)52-21-9-2-10-22-52,47-80-65(73)39-33-59(86)53-23-11-3-12-24-53)43-77-44-70(48-81-66(74)40-34-60(87)54-25-13-4-14-26-54,49-82-67(75)41-35-61(88)55-27-15-5-16-28-55)50-83-68(76)42-36-62(89)56-29-17-6-18-30-56/h1-30,57-62,84-89H,31-50H2. The number of hydrogen-bond acceptors (Lipinski definition) is 19. The highest BCUT2D eigenvalue weighted by molar-refractivity contribution is 7.81. The molecule has 0 fully saturated rings. The van der Waals surface area contributed by atoms with E-state index in [2.05, 4.69) is 0 Å². The Labute approximate surface area is 557 Å². The van der Waals surface area contributed by atoms with Gasteiger partial charge in [0, 0.05) is 70.0 Å². The molecule has 0 aliphatic rings. The second-order valence-electron chi connectivity index (χ2n) is 22.2. The molecule has 0 spiro atoms. The van der Waals surface area contributed by atoms with E-state index < -0.39 is 99.5 Å². The number of rotatable bonds is 40. The fourth-order valence-corrected chi connectivity index (χ4v) is 11.2. The van der Waals surface area contributed by atoms with Crippen molar-refractivity contribution in [1.29, 1.82) is 0 Å². The number of benzene rings is 6. The number of ether oxygens (including phenoxy) is 7. The first-order valence-electron chi connectivity index (χ1n) is 29.9. The topological polar surface area (TPSA) is 167 Å². The van der Waals surface area contributed by atoms with Gasteiger partial charge in [0.2, 0.25) is 0 Å². The van der Waals surface area contributed by atoms with Crippen molar-refractivity contribution in [2.24, 2.45) is 10.8 Å². The fraction of sp³-hybridized carbons (Fsp3) is 0.400. The number of esters is 6. The van der Waals surface area contributed by atoms with E-state index in [0.29, 0.717) is 38.5 Å². The summed E-state index contributed by atoms with van der Waals surface area (Å²) in [5.74, 6) is -3.63. The quantitative estimate of drug-likeness (QED) is 0.0122. The maximum Gasteiger partial charge on any atom is 0.305 e. The second kappa shape index (κ2) is 39.5. The van der Waals surface area contributed by atoms with E-state index in [1.165, 1.54) is 0 Å². The van der Waals surface area contributed by atoms with Crippen LogP contribution in [0.5, 0.6) is 0 Å². The Morgan fingerprint density at radius 1 is 0.247 bits per heavy atom. The van der Waals surface area contributed by atoms with E-state index in [-0.39, 0.29) is 70.0 Å². The van der Waals surface area contributed by atoms with Crippen LogP contribution in [-0.4, -0.2) is 88.7 Å². The molecule has 0 saturated carbocycles. The van der Waals surface area contributed by atoms with Gasteiger partial charge in [0.1, 0.15) is 39.6 Å². The molecule has 6 aromatic carbocycles. The van der Waals surface area contributed by atoms with Crippen molar-refractivity contribution in [2.75, 3.05) is 52.9 Å². The van der Waals surface area contributed by atoms with Gasteiger partial charge in [-0.1, -0.05) is 182 Å². The van der Waals surface area contributed by atoms with Gasteiger partial charge < -0.3 is 33.2 Å². The minimum absolute atomic E-state index is 0.0473. The zero-order chi connectivity index (χ0) is 63.7. The molecule has 0 aromatic heterocycles. The number of carbonyl (C=O) groups is 6. The van der Waals surface area contributed by atoms with Crippen molar-refractivity contribution in [3.63, 3.8) is 0 Å². The molecule has 0 amide bonds. The summed E-state index contributed by atoms with van der Waals surface area (Å²) < 4.78 is 42.9. The third-order valence-electron chi connectivity index (χ3n) is 14.9. The normalized spacial score (nSPS) is 14.6. The summed E-state index contributed by atoms with van der Waals surface area (Å²) in [6.07, 6.45) is 1.63. The van der Waals surface area contributed by atoms with Crippen LogP contribution in [0.3, 0.4) is 0 Å². The average Bonchev–Trinajstić information content (AvgIpc) is 3.78. The lowest BCUT2D eigenvalue weighted by atomic mass is 9.90. The number of carbonyl (C=O) groups excluding carboxylic acids is 6. The first-order valence-corrected chi connectivity index (χ1v) is 33.0. The van der Waals surface area contributed by atoms with Crippen LogP contribution in [-0.2, 0) is 61.9 Å². The van der Waals surface area contributed by atoms with Crippen LogP contribution in [0.2, 0.25) is 0 Å². The maximum absolute atomic E-state index is 13.8. The highest BCUT2D eigenvalue weighted by Gasteiger charge is 2.41. The second-order valence-corrected chi connectivity index (χ2v) is 26.0. The largest absolute Gasteiger partial charge is 0.465 e. The summed E-state index contributed by atoms with van der Waals surface area (Å²) >= 11 is 28.5. The molecule has 0 N–H and O–H groups in total. The highest BCUT2D eigenvalue weighted by Crippen LogP contribution is 2.33. The van der Waals surface area contributed by atoms with Gasteiger partial charge in [-0.15, -0.1) is 0 Å². The molecule has 6 unspecified atom stereocenters. The monoisotopic (exact) mass is 1320 g/mol. The Hall–Kier alpha value is -5.80. The number of thiol groups is 6. The number of hydrogen-bond donors (Lipinski definition) is 6. The van der Waals surface area contributed by atoms with Crippen LogP contribution in [0.4, 0.5) is 0 Å². The third-order valence-corrected chi connectivity index (χ3v) is 18.2. The summed E-state index contributed by atoms with van der Waals surface area (Å²) in [5.41, 5.74) is 2.30. The van der Waals surface area contributed by atoms with Crippen LogP contribution < -0.4 is 0 Å². The summed E-state index contributed by atoms with van der Waals surface area (Å²) in [4.78, 5) is 83.1. The average molecular weight is 1320 g/mol. The molecule has 6 rings (SSSR count).